The average molecular weight is 290 g/mol. The summed E-state index contributed by atoms with van der Waals surface area (Å²) in [7, 11) is 1.63. The molecule has 0 aliphatic heterocycles. The molecule has 21 heavy (non-hydrogen) atoms. The van der Waals surface area contributed by atoms with Crippen molar-refractivity contribution in [2.45, 2.75) is 32.2 Å². The molecule has 1 aliphatic carbocycles. The number of carbonyl (C=O) groups excluding carboxylic acids is 2. The van der Waals surface area contributed by atoms with Crippen molar-refractivity contribution in [2.24, 2.45) is 0 Å². The lowest BCUT2D eigenvalue weighted by atomic mass is 10.1. The van der Waals surface area contributed by atoms with Crippen LogP contribution in [0.25, 0.3) is 0 Å². The summed E-state index contributed by atoms with van der Waals surface area (Å²) in [6.45, 7) is 2.18. The van der Waals surface area contributed by atoms with E-state index < -0.39 is 0 Å². The predicted octanol–water partition coefficient (Wildman–Crippen LogP) is 1.36. The Morgan fingerprint density at radius 2 is 1.95 bits per heavy atom. The largest absolute Gasteiger partial charge is 0.497 e. The molecule has 1 fully saturated rings. The highest BCUT2D eigenvalue weighted by Crippen LogP contribution is 2.18. The summed E-state index contributed by atoms with van der Waals surface area (Å²) >= 11 is 0. The van der Waals surface area contributed by atoms with Gasteiger partial charge >= 0.3 is 0 Å². The summed E-state index contributed by atoms with van der Waals surface area (Å²) in [6.07, 6.45) is 2.83. The molecule has 2 amide bonds. The Morgan fingerprint density at radius 3 is 2.48 bits per heavy atom. The zero-order valence-electron chi connectivity index (χ0n) is 12.6. The van der Waals surface area contributed by atoms with Gasteiger partial charge in [-0.05, 0) is 37.0 Å². The topological polar surface area (TPSA) is 58.6 Å². The first-order valence-electron chi connectivity index (χ1n) is 7.26. The van der Waals surface area contributed by atoms with Crippen LogP contribution in [0.2, 0.25) is 0 Å². The van der Waals surface area contributed by atoms with Crippen molar-refractivity contribution in [3.05, 3.63) is 29.8 Å². The van der Waals surface area contributed by atoms with E-state index >= 15 is 0 Å². The molecule has 0 spiro atoms. The number of ether oxygens (including phenoxy) is 1. The minimum Gasteiger partial charge on any atom is -0.497 e. The van der Waals surface area contributed by atoms with Gasteiger partial charge in [-0.15, -0.1) is 0 Å². The van der Waals surface area contributed by atoms with Gasteiger partial charge in [-0.2, -0.15) is 0 Å². The molecule has 5 heteroatoms. The second kappa shape index (κ2) is 7.11. The number of carbonyl (C=O) groups is 2. The van der Waals surface area contributed by atoms with E-state index in [1.165, 1.54) is 6.92 Å². The van der Waals surface area contributed by atoms with E-state index in [1.807, 2.05) is 24.3 Å². The Morgan fingerprint density at radius 1 is 1.29 bits per heavy atom. The van der Waals surface area contributed by atoms with Crippen LogP contribution in [0.5, 0.6) is 5.75 Å². The lowest BCUT2D eigenvalue weighted by molar-refractivity contribution is -0.134. The SMILES string of the molecule is COc1ccc(CCN(CC(=O)NC2CC2)C(C)=O)cc1. The number of hydrogen-bond acceptors (Lipinski definition) is 3. The van der Waals surface area contributed by atoms with Crippen molar-refractivity contribution in [1.29, 1.82) is 0 Å². The van der Waals surface area contributed by atoms with Crippen molar-refractivity contribution in [2.75, 3.05) is 20.2 Å². The van der Waals surface area contributed by atoms with Gasteiger partial charge in [-0.1, -0.05) is 12.1 Å². The summed E-state index contributed by atoms with van der Waals surface area (Å²) in [6, 6.07) is 8.07. The van der Waals surface area contributed by atoms with Crippen LogP contribution in [0.1, 0.15) is 25.3 Å². The fraction of sp³-hybridized carbons (Fsp3) is 0.500. The minimum atomic E-state index is -0.0746. The van der Waals surface area contributed by atoms with Crippen molar-refractivity contribution >= 4 is 11.8 Å². The fourth-order valence-electron chi connectivity index (χ4n) is 2.08. The van der Waals surface area contributed by atoms with Crippen LogP contribution < -0.4 is 10.1 Å². The Hall–Kier alpha value is -2.04. The summed E-state index contributed by atoms with van der Waals surface area (Å²) in [5.74, 6) is 0.669. The number of amides is 2. The molecule has 0 bridgehead atoms. The van der Waals surface area contributed by atoms with E-state index in [2.05, 4.69) is 5.32 Å². The smallest absolute Gasteiger partial charge is 0.239 e. The normalized spacial score (nSPS) is 13.6. The van der Waals surface area contributed by atoms with Crippen LogP contribution in [0, 0.1) is 0 Å². The zero-order chi connectivity index (χ0) is 15.2. The maximum Gasteiger partial charge on any atom is 0.239 e. The molecule has 1 aromatic rings. The molecule has 5 nitrogen and oxygen atoms in total. The molecule has 1 aromatic carbocycles. The Balaban J connectivity index is 1.83. The number of methoxy groups -OCH3 is 1. The number of rotatable bonds is 7. The molecule has 0 atom stereocenters. The quantitative estimate of drug-likeness (QED) is 0.825. The lowest BCUT2D eigenvalue weighted by Crippen LogP contribution is -2.41. The van der Waals surface area contributed by atoms with Crippen molar-refractivity contribution < 1.29 is 14.3 Å². The molecule has 1 aliphatic rings. The monoisotopic (exact) mass is 290 g/mol. The van der Waals surface area contributed by atoms with Gasteiger partial charge in [0.1, 0.15) is 5.75 Å². The highest BCUT2D eigenvalue weighted by molar-refractivity contribution is 5.84. The van der Waals surface area contributed by atoms with E-state index in [1.54, 1.807) is 12.0 Å². The van der Waals surface area contributed by atoms with Crippen LogP contribution in [0.15, 0.2) is 24.3 Å². The summed E-state index contributed by atoms with van der Waals surface area (Å²) in [5.41, 5.74) is 1.12. The van der Waals surface area contributed by atoms with Crippen molar-refractivity contribution in [1.82, 2.24) is 10.2 Å². The minimum absolute atomic E-state index is 0.0672. The Labute approximate surface area is 125 Å². The van der Waals surface area contributed by atoms with Crippen LogP contribution in [0.3, 0.4) is 0 Å². The number of nitrogens with one attached hydrogen (secondary N) is 1. The molecule has 1 N–H and O–H groups in total. The van der Waals surface area contributed by atoms with Crippen LogP contribution in [-0.4, -0.2) is 43.0 Å². The van der Waals surface area contributed by atoms with Gasteiger partial charge in [-0.25, -0.2) is 0 Å². The van der Waals surface area contributed by atoms with E-state index in [9.17, 15) is 9.59 Å². The van der Waals surface area contributed by atoms with Gasteiger partial charge in [-0.3, -0.25) is 9.59 Å². The van der Waals surface area contributed by atoms with Crippen LogP contribution in [0.4, 0.5) is 0 Å². The van der Waals surface area contributed by atoms with Crippen LogP contribution >= 0.6 is 0 Å². The lowest BCUT2D eigenvalue weighted by Gasteiger charge is -2.20. The molecule has 0 aromatic heterocycles. The third-order valence-corrected chi connectivity index (χ3v) is 3.55. The summed E-state index contributed by atoms with van der Waals surface area (Å²) < 4.78 is 5.11. The van der Waals surface area contributed by atoms with E-state index in [-0.39, 0.29) is 18.4 Å². The molecule has 1 saturated carbocycles. The average Bonchev–Trinajstić information content (AvgIpc) is 3.27. The number of nitrogens with zero attached hydrogens (tertiary/aromatic N) is 1. The molecule has 0 heterocycles. The molecule has 2 rings (SSSR count). The predicted molar refractivity (Wildman–Crippen MR) is 80.1 cm³/mol. The van der Waals surface area contributed by atoms with Gasteiger partial charge in [0.2, 0.25) is 11.8 Å². The number of benzene rings is 1. The molecular weight excluding hydrogens is 268 g/mol. The first-order chi connectivity index (χ1) is 10.1. The van der Waals surface area contributed by atoms with Crippen molar-refractivity contribution in [3.63, 3.8) is 0 Å². The van der Waals surface area contributed by atoms with Crippen LogP contribution in [-0.2, 0) is 16.0 Å². The van der Waals surface area contributed by atoms with Gasteiger partial charge in [0.05, 0.1) is 13.7 Å². The highest BCUT2D eigenvalue weighted by atomic mass is 16.5. The van der Waals surface area contributed by atoms with Gasteiger partial charge in [0.25, 0.3) is 0 Å². The van der Waals surface area contributed by atoms with E-state index in [0.717, 1.165) is 30.6 Å². The third-order valence-electron chi connectivity index (χ3n) is 3.55. The van der Waals surface area contributed by atoms with Gasteiger partial charge < -0.3 is 15.0 Å². The van der Waals surface area contributed by atoms with E-state index in [4.69, 9.17) is 4.74 Å². The van der Waals surface area contributed by atoms with E-state index in [0.29, 0.717) is 12.6 Å². The fourth-order valence-corrected chi connectivity index (χ4v) is 2.08. The standard InChI is InChI=1S/C16H22N2O3/c1-12(19)18(11-16(20)17-14-5-6-14)10-9-13-3-7-15(21-2)8-4-13/h3-4,7-8,14H,5-6,9-11H2,1-2H3,(H,17,20). The Bertz CT molecular complexity index is 495. The maximum atomic E-state index is 11.8. The Kier molecular flexibility index (Phi) is 5.20. The summed E-state index contributed by atoms with van der Waals surface area (Å²) in [5, 5.41) is 2.90. The van der Waals surface area contributed by atoms with Gasteiger partial charge in [0, 0.05) is 19.5 Å². The van der Waals surface area contributed by atoms with Crippen molar-refractivity contribution in [3.8, 4) is 5.75 Å². The summed E-state index contributed by atoms with van der Waals surface area (Å²) in [4.78, 5) is 25.0. The molecule has 0 unspecified atom stereocenters. The first-order valence-corrected chi connectivity index (χ1v) is 7.26. The second-order valence-corrected chi connectivity index (χ2v) is 5.38. The second-order valence-electron chi connectivity index (χ2n) is 5.38. The molecule has 0 radical (unpaired) electrons. The van der Waals surface area contributed by atoms with Gasteiger partial charge in [0.15, 0.2) is 0 Å². The molecular formula is C16H22N2O3. The first kappa shape index (κ1) is 15.4. The zero-order valence-corrected chi connectivity index (χ0v) is 12.6. The highest BCUT2D eigenvalue weighted by Gasteiger charge is 2.24. The third kappa shape index (κ3) is 5.10. The number of hydrogen-bond donors (Lipinski definition) is 1. The maximum absolute atomic E-state index is 11.8. The molecule has 114 valence electrons. The molecule has 0 saturated heterocycles.